The number of hydrogen-bond donors (Lipinski definition) is 0. The maximum Gasteiger partial charge on any atom is 0.178 e. The zero-order valence-corrected chi connectivity index (χ0v) is 19.0. The lowest BCUT2D eigenvalue weighted by atomic mass is 10.0. The van der Waals surface area contributed by atoms with Crippen molar-refractivity contribution >= 4 is 17.4 Å². The normalized spacial score (nSPS) is 20.1. The summed E-state index contributed by atoms with van der Waals surface area (Å²) in [5.74, 6) is 1.02. The van der Waals surface area contributed by atoms with Gasteiger partial charge in [-0.1, -0.05) is 42.3 Å². The first-order valence-electron chi connectivity index (χ1n) is 11.7. The molecule has 2 aliphatic heterocycles. The third-order valence-electron chi connectivity index (χ3n) is 6.46. The van der Waals surface area contributed by atoms with Gasteiger partial charge in [0, 0.05) is 18.2 Å². The first-order chi connectivity index (χ1) is 15.2. The summed E-state index contributed by atoms with van der Waals surface area (Å²) in [4.78, 5) is 17.6. The Labute approximate surface area is 191 Å². The summed E-state index contributed by atoms with van der Waals surface area (Å²) in [7, 11) is 0. The molecule has 2 saturated heterocycles. The van der Waals surface area contributed by atoms with Crippen LogP contribution in [0.15, 0.2) is 48.5 Å². The predicted molar refractivity (Wildman–Crippen MR) is 126 cm³/mol. The van der Waals surface area contributed by atoms with Crippen LogP contribution in [0, 0.1) is 0 Å². The number of rotatable bonds is 9. The number of ether oxygens (including phenoxy) is 1. The summed E-state index contributed by atoms with van der Waals surface area (Å²) in [6.45, 7) is 5.68. The molecule has 31 heavy (non-hydrogen) atoms. The van der Waals surface area contributed by atoms with Crippen LogP contribution in [0.2, 0.25) is 5.02 Å². The Hall–Kier alpha value is -1.88. The average molecular weight is 441 g/mol. The van der Waals surface area contributed by atoms with Gasteiger partial charge in [-0.2, -0.15) is 0 Å². The Bertz CT molecular complexity index is 866. The summed E-state index contributed by atoms with van der Waals surface area (Å²) < 4.78 is 6.07. The fraction of sp³-hybridized carbons (Fsp3) is 0.500. The van der Waals surface area contributed by atoms with Crippen LogP contribution < -0.4 is 4.74 Å². The van der Waals surface area contributed by atoms with Gasteiger partial charge in [0.25, 0.3) is 0 Å². The summed E-state index contributed by atoms with van der Waals surface area (Å²) in [5, 5.41) is 0.531. The van der Waals surface area contributed by atoms with Crippen molar-refractivity contribution in [2.75, 3.05) is 39.3 Å². The number of Topliss-reactive ketones (excluding diaryl/α,β-unsaturated/α-hetero) is 1. The molecule has 5 heteroatoms. The Morgan fingerprint density at radius 1 is 1.00 bits per heavy atom. The van der Waals surface area contributed by atoms with Crippen LogP contribution in [0.3, 0.4) is 0 Å². The highest BCUT2D eigenvalue weighted by Crippen LogP contribution is 2.33. The molecular formula is C26H33ClN2O2. The van der Waals surface area contributed by atoms with E-state index in [1.165, 1.54) is 37.9 Å². The van der Waals surface area contributed by atoms with E-state index in [4.69, 9.17) is 16.3 Å². The van der Waals surface area contributed by atoms with E-state index < -0.39 is 0 Å². The van der Waals surface area contributed by atoms with Gasteiger partial charge in [0.1, 0.15) is 5.75 Å². The molecule has 166 valence electrons. The quantitative estimate of drug-likeness (QED) is 0.374. The number of benzene rings is 2. The van der Waals surface area contributed by atoms with Gasteiger partial charge < -0.3 is 9.64 Å². The molecule has 2 fully saturated rings. The van der Waals surface area contributed by atoms with E-state index in [2.05, 4.69) is 28.0 Å². The maximum absolute atomic E-state index is 12.8. The average Bonchev–Trinajstić information content (AvgIpc) is 3.26. The van der Waals surface area contributed by atoms with Gasteiger partial charge in [-0.3, -0.25) is 9.69 Å². The molecule has 0 saturated carbocycles. The van der Waals surface area contributed by atoms with E-state index in [-0.39, 0.29) is 11.8 Å². The van der Waals surface area contributed by atoms with E-state index >= 15 is 0 Å². The van der Waals surface area contributed by atoms with E-state index in [0.29, 0.717) is 17.1 Å². The lowest BCUT2D eigenvalue weighted by Gasteiger charge is -2.26. The Morgan fingerprint density at radius 3 is 2.68 bits per heavy atom. The number of carbonyl (C=O) groups is 1. The molecule has 4 rings (SSSR count). The van der Waals surface area contributed by atoms with Crippen LogP contribution in [0.25, 0.3) is 0 Å². The van der Waals surface area contributed by atoms with Crippen molar-refractivity contribution in [3.05, 3.63) is 64.7 Å². The number of likely N-dealkylation sites (tertiary alicyclic amines) is 2. The van der Waals surface area contributed by atoms with Gasteiger partial charge in [0.15, 0.2) is 5.78 Å². The number of nitrogens with zero attached hydrogens (tertiary/aromatic N) is 2. The second kappa shape index (κ2) is 11.1. The molecule has 1 unspecified atom stereocenters. The molecule has 2 aromatic carbocycles. The van der Waals surface area contributed by atoms with Gasteiger partial charge in [0.2, 0.25) is 0 Å². The predicted octanol–water partition coefficient (Wildman–Crippen LogP) is 5.61. The molecule has 0 aromatic heterocycles. The summed E-state index contributed by atoms with van der Waals surface area (Å²) in [6.07, 6.45) is 7.27. The molecule has 0 N–H and O–H groups in total. The molecule has 0 bridgehead atoms. The van der Waals surface area contributed by atoms with E-state index in [9.17, 15) is 4.79 Å². The second-order valence-electron chi connectivity index (χ2n) is 8.71. The number of carbonyl (C=O) groups excluding carboxylic acids is 1. The SMILES string of the molecule is O=C(CN1CCCC1c1cccc(OCCCN2CCCCC2)c1)c1ccccc1Cl. The molecule has 1 atom stereocenters. The minimum absolute atomic E-state index is 0.0858. The van der Waals surface area contributed by atoms with Gasteiger partial charge in [0.05, 0.1) is 18.2 Å². The minimum atomic E-state index is 0.0858. The van der Waals surface area contributed by atoms with Crippen molar-refractivity contribution in [3.63, 3.8) is 0 Å². The highest BCUT2D eigenvalue weighted by Gasteiger charge is 2.28. The van der Waals surface area contributed by atoms with Gasteiger partial charge in [-0.05, 0) is 81.6 Å². The number of hydrogen-bond acceptors (Lipinski definition) is 4. The fourth-order valence-electron chi connectivity index (χ4n) is 4.82. The molecule has 0 amide bonds. The third kappa shape index (κ3) is 6.09. The van der Waals surface area contributed by atoms with Gasteiger partial charge >= 0.3 is 0 Å². The smallest absolute Gasteiger partial charge is 0.178 e. The second-order valence-corrected chi connectivity index (χ2v) is 9.12. The lowest BCUT2D eigenvalue weighted by molar-refractivity contribution is 0.0921. The van der Waals surface area contributed by atoms with Crippen molar-refractivity contribution in [2.24, 2.45) is 0 Å². The van der Waals surface area contributed by atoms with Crippen LogP contribution in [0.4, 0.5) is 0 Å². The summed E-state index contributed by atoms with van der Waals surface area (Å²) in [5.41, 5.74) is 1.85. The van der Waals surface area contributed by atoms with Crippen LogP contribution >= 0.6 is 11.6 Å². The van der Waals surface area contributed by atoms with E-state index in [0.717, 1.165) is 44.7 Å². The van der Waals surface area contributed by atoms with Crippen molar-refractivity contribution in [2.45, 2.75) is 44.6 Å². The van der Waals surface area contributed by atoms with Crippen LogP contribution in [0.1, 0.15) is 60.5 Å². The molecule has 0 radical (unpaired) electrons. The van der Waals surface area contributed by atoms with Crippen molar-refractivity contribution < 1.29 is 9.53 Å². The Morgan fingerprint density at radius 2 is 1.84 bits per heavy atom. The zero-order chi connectivity index (χ0) is 21.5. The monoisotopic (exact) mass is 440 g/mol. The largest absolute Gasteiger partial charge is 0.494 e. The zero-order valence-electron chi connectivity index (χ0n) is 18.3. The molecule has 2 aliphatic rings. The fourth-order valence-corrected chi connectivity index (χ4v) is 5.06. The molecule has 4 nitrogen and oxygen atoms in total. The minimum Gasteiger partial charge on any atom is -0.494 e. The number of halogens is 1. The Balaban J connectivity index is 1.31. The molecule has 2 heterocycles. The van der Waals surface area contributed by atoms with Crippen LogP contribution in [0.5, 0.6) is 5.75 Å². The molecule has 0 spiro atoms. The van der Waals surface area contributed by atoms with E-state index in [1.807, 2.05) is 24.3 Å². The van der Waals surface area contributed by atoms with E-state index in [1.54, 1.807) is 6.07 Å². The van der Waals surface area contributed by atoms with Crippen LogP contribution in [-0.2, 0) is 0 Å². The lowest BCUT2D eigenvalue weighted by Crippen LogP contribution is -2.31. The summed E-state index contributed by atoms with van der Waals surface area (Å²) in [6, 6.07) is 16.0. The standard InChI is InChI=1S/C26H33ClN2O2/c27-24-12-3-2-11-23(24)26(30)20-29-17-7-13-25(29)21-9-6-10-22(19-21)31-18-8-16-28-14-4-1-5-15-28/h2-3,6,9-12,19,25H,1,4-5,7-8,13-18,20H2. The highest BCUT2D eigenvalue weighted by atomic mass is 35.5. The van der Waals surface area contributed by atoms with Gasteiger partial charge in [-0.15, -0.1) is 0 Å². The topological polar surface area (TPSA) is 32.8 Å². The number of piperidine rings is 1. The van der Waals surface area contributed by atoms with Crippen LogP contribution in [-0.4, -0.2) is 54.9 Å². The molecule has 2 aromatic rings. The first-order valence-corrected chi connectivity index (χ1v) is 12.1. The van der Waals surface area contributed by atoms with Crippen molar-refractivity contribution in [3.8, 4) is 5.75 Å². The first kappa shape index (κ1) is 22.3. The Kier molecular flexibility index (Phi) is 8.01. The highest BCUT2D eigenvalue weighted by molar-refractivity contribution is 6.34. The number of ketones is 1. The summed E-state index contributed by atoms with van der Waals surface area (Å²) >= 11 is 6.23. The van der Waals surface area contributed by atoms with Crippen molar-refractivity contribution in [1.29, 1.82) is 0 Å². The molecule has 0 aliphatic carbocycles. The van der Waals surface area contributed by atoms with Crippen molar-refractivity contribution in [1.82, 2.24) is 9.80 Å². The maximum atomic E-state index is 12.8. The van der Waals surface area contributed by atoms with Gasteiger partial charge in [-0.25, -0.2) is 0 Å². The third-order valence-corrected chi connectivity index (χ3v) is 6.79. The molecular weight excluding hydrogens is 408 g/mol.